The van der Waals surface area contributed by atoms with Gasteiger partial charge in [-0.05, 0) is 38.5 Å². The summed E-state index contributed by atoms with van der Waals surface area (Å²) in [6, 6.07) is 1.76. The van der Waals surface area contributed by atoms with E-state index in [1.54, 1.807) is 32.9 Å². The molecule has 0 radical (unpaired) electrons. The van der Waals surface area contributed by atoms with Crippen molar-refractivity contribution in [1.82, 2.24) is 9.78 Å². The third kappa shape index (κ3) is 4.34. The van der Waals surface area contributed by atoms with E-state index in [1.165, 1.54) is 23.7 Å². The molecule has 1 amide bonds. The molecule has 2 N–H and O–H groups in total. The van der Waals surface area contributed by atoms with Gasteiger partial charge in [-0.2, -0.15) is 18.3 Å². The maximum absolute atomic E-state index is 13.8. The Kier molecular flexibility index (Phi) is 5.95. The standard InChI is InChI=1S/C21H21F3N4O4S/c1-4-31-20(30)17-10(2)11(3)33-19(17)26-18(29)13-9-16-25-12(14-6-5-7-32-14)8-15(21(22,23)24)28(16)27-13/h5-7,9,12,15,25H,4,8H2,1-3H3,(H,26,29)/t12-,15+/m1/s1. The highest BCUT2D eigenvalue weighted by Crippen LogP contribution is 2.44. The minimum Gasteiger partial charge on any atom is -0.467 e. The fourth-order valence-corrected chi connectivity index (χ4v) is 4.74. The lowest BCUT2D eigenvalue weighted by Crippen LogP contribution is -2.35. The molecule has 0 bridgehead atoms. The Balaban J connectivity index is 1.64. The molecule has 0 spiro atoms. The zero-order valence-corrected chi connectivity index (χ0v) is 18.8. The van der Waals surface area contributed by atoms with Gasteiger partial charge >= 0.3 is 12.1 Å². The van der Waals surface area contributed by atoms with Crippen molar-refractivity contribution < 1.29 is 31.9 Å². The zero-order valence-electron chi connectivity index (χ0n) is 17.9. The molecule has 2 atom stereocenters. The Bertz CT molecular complexity index is 1180. The van der Waals surface area contributed by atoms with Crippen LogP contribution < -0.4 is 10.6 Å². The van der Waals surface area contributed by atoms with Crippen LogP contribution in [0.4, 0.5) is 24.0 Å². The van der Waals surface area contributed by atoms with Gasteiger partial charge in [0.15, 0.2) is 11.7 Å². The van der Waals surface area contributed by atoms with Crippen molar-refractivity contribution in [3.63, 3.8) is 0 Å². The fourth-order valence-electron chi connectivity index (χ4n) is 3.69. The van der Waals surface area contributed by atoms with Crippen molar-refractivity contribution in [2.45, 2.75) is 45.5 Å². The van der Waals surface area contributed by atoms with Gasteiger partial charge in [-0.15, -0.1) is 11.3 Å². The lowest BCUT2D eigenvalue weighted by molar-refractivity contribution is -0.174. The molecule has 0 fully saturated rings. The van der Waals surface area contributed by atoms with Gasteiger partial charge in [0.05, 0.1) is 24.5 Å². The molecule has 3 aromatic rings. The molecule has 4 heterocycles. The van der Waals surface area contributed by atoms with Crippen LogP contribution in [-0.4, -0.2) is 34.4 Å². The number of aryl methyl sites for hydroxylation is 1. The second-order valence-electron chi connectivity index (χ2n) is 7.53. The minimum absolute atomic E-state index is 0.0410. The highest BCUT2D eigenvalue weighted by Gasteiger charge is 2.47. The van der Waals surface area contributed by atoms with E-state index in [1.807, 2.05) is 0 Å². The number of alkyl halides is 3. The number of hydrogen-bond acceptors (Lipinski definition) is 7. The number of carbonyl (C=O) groups excluding carboxylic acids is 2. The average molecular weight is 482 g/mol. The normalized spacial score (nSPS) is 17.9. The highest BCUT2D eigenvalue weighted by atomic mass is 32.1. The summed E-state index contributed by atoms with van der Waals surface area (Å²) in [7, 11) is 0. The van der Waals surface area contributed by atoms with Crippen LogP contribution in [0.25, 0.3) is 0 Å². The number of carbonyl (C=O) groups is 2. The van der Waals surface area contributed by atoms with Gasteiger partial charge in [-0.25, -0.2) is 9.48 Å². The maximum atomic E-state index is 13.8. The lowest BCUT2D eigenvalue weighted by atomic mass is 10.0. The minimum atomic E-state index is -4.58. The van der Waals surface area contributed by atoms with E-state index in [4.69, 9.17) is 9.15 Å². The van der Waals surface area contributed by atoms with Crippen molar-refractivity contribution in [1.29, 1.82) is 0 Å². The van der Waals surface area contributed by atoms with Gasteiger partial charge in [0, 0.05) is 17.4 Å². The smallest absolute Gasteiger partial charge is 0.410 e. The van der Waals surface area contributed by atoms with Crippen LogP contribution in [0.1, 0.15) is 62.5 Å². The van der Waals surface area contributed by atoms with Crippen molar-refractivity contribution >= 4 is 34.0 Å². The van der Waals surface area contributed by atoms with Gasteiger partial charge in [-0.3, -0.25) is 4.79 Å². The topological polar surface area (TPSA) is 98.4 Å². The number of halogens is 3. The Morgan fingerprint density at radius 2 is 2.15 bits per heavy atom. The number of anilines is 2. The van der Waals surface area contributed by atoms with Crippen LogP contribution in [0.3, 0.4) is 0 Å². The summed E-state index contributed by atoms with van der Waals surface area (Å²) in [6.07, 6.45) is -3.54. The molecular formula is C21H21F3N4O4S. The molecule has 0 unspecified atom stereocenters. The number of ether oxygens (including phenoxy) is 1. The first-order valence-electron chi connectivity index (χ1n) is 10.1. The second-order valence-corrected chi connectivity index (χ2v) is 8.75. The van der Waals surface area contributed by atoms with Crippen LogP contribution >= 0.6 is 11.3 Å². The van der Waals surface area contributed by atoms with E-state index in [0.717, 1.165) is 9.56 Å². The number of aromatic nitrogens is 2. The van der Waals surface area contributed by atoms with E-state index >= 15 is 0 Å². The van der Waals surface area contributed by atoms with E-state index in [2.05, 4.69) is 15.7 Å². The van der Waals surface area contributed by atoms with Crippen LogP contribution in [0.15, 0.2) is 28.9 Å². The van der Waals surface area contributed by atoms with Crippen LogP contribution in [0.5, 0.6) is 0 Å². The van der Waals surface area contributed by atoms with E-state index in [-0.39, 0.29) is 35.1 Å². The summed E-state index contributed by atoms with van der Waals surface area (Å²) in [5.74, 6) is -0.926. The summed E-state index contributed by atoms with van der Waals surface area (Å²) in [4.78, 5) is 26.0. The van der Waals surface area contributed by atoms with Crippen molar-refractivity contribution in [2.24, 2.45) is 0 Å². The maximum Gasteiger partial charge on any atom is 0.410 e. The van der Waals surface area contributed by atoms with Crippen LogP contribution in [0.2, 0.25) is 0 Å². The third-order valence-corrected chi connectivity index (χ3v) is 6.52. The summed E-state index contributed by atoms with van der Waals surface area (Å²) >= 11 is 1.18. The summed E-state index contributed by atoms with van der Waals surface area (Å²) < 4.78 is 52.5. The molecule has 12 heteroatoms. The van der Waals surface area contributed by atoms with E-state index < -0.39 is 30.1 Å². The largest absolute Gasteiger partial charge is 0.467 e. The predicted octanol–water partition coefficient (Wildman–Crippen LogP) is 5.24. The first kappa shape index (κ1) is 22.9. The number of furan rings is 1. The molecule has 4 rings (SSSR count). The van der Waals surface area contributed by atoms with Crippen molar-refractivity contribution in [2.75, 3.05) is 17.2 Å². The average Bonchev–Trinajstić information content (AvgIpc) is 3.46. The molecule has 33 heavy (non-hydrogen) atoms. The first-order chi connectivity index (χ1) is 15.6. The molecule has 8 nitrogen and oxygen atoms in total. The number of thiophene rings is 1. The molecular weight excluding hydrogens is 461 g/mol. The third-order valence-electron chi connectivity index (χ3n) is 5.40. The lowest BCUT2D eigenvalue weighted by Gasteiger charge is -2.32. The summed E-state index contributed by atoms with van der Waals surface area (Å²) in [5, 5.41) is 9.75. The van der Waals surface area contributed by atoms with E-state index in [0.29, 0.717) is 11.3 Å². The Morgan fingerprint density at radius 1 is 1.39 bits per heavy atom. The molecule has 1 aliphatic heterocycles. The number of amides is 1. The van der Waals surface area contributed by atoms with Gasteiger partial charge in [0.1, 0.15) is 16.6 Å². The number of nitrogens with zero attached hydrogens (tertiary/aromatic N) is 2. The van der Waals surface area contributed by atoms with Gasteiger partial charge in [0.25, 0.3) is 5.91 Å². The molecule has 176 valence electrons. The Labute approximate surface area is 190 Å². The Morgan fingerprint density at radius 3 is 2.79 bits per heavy atom. The number of hydrogen-bond donors (Lipinski definition) is 2. The summed E-state index contributed by atoms with van der Waals surface area (Å²) in [5.41, 5.74) is 0.671. The number of nitrogens with one attached hydrogen (secondary N) is 2. The number of rotatable bonds is 5. The van der Waals surface area contributed by atoms with Crippen molar-refractivity contribution in [3.05, 3.63) is 51.9 Å². The van der Waals surface area contributed by atoms with Gasteiger partial charge < -0.3 is 19.8 Å². The first-order valence-corrected chi connectivity index (χ1v) is 11.0. The predicted molar refractivity (Wildman–Crippen MR) is 115 cm³/mol. The van der Waals surface area contributed by atoms with Gasteiger partial charge in [0.2, 0.25) is 0 Å². The Hall–Kier alpha value is -3.28. The monoisotopic (exact) mass is 482 g/mol. The summed E-state index contributed by atoms with van der Waals surface area (Å²) in [6.45, 7) is 5.35. The van der Waals surface area contributed by atoms with Crippen LogP contribution in [-0.2, 0) is 4.74 Å². The number of esters is 1. The fraction of sp³-hybridized carbons (Fsp3) is 0.381. The number of fused-ring (bicyclic) bond motifs is 1. The SMILES string of the molecule is CCOC(=O)c1c(NC(=O)c2cc3n(n2)[C@H](C(F)(F)F)C[C@H](c2ccco2)N3)sc(C)c1C. The van der Waals surface area contributed by atoms with Crippen LogP contribution in [0, 0.1) is 13.8 Å². The van der Waals surface area contributed by atoms with Gasteiger partial charge in [-0.1, -0.05) is 0 Å². The zero-order chi connectivity index (χ0) is 23.9. The van der Waals surface area contributed by atoms with Crippen molar-refractivity contribution in [3.8, 4) is 0 Å². The highest BCUT2D eigenvalue weighted by molar-refractivity contribution is 7.16. The molecule has 0 saturated heterocycles. The molecule has 1 aliphatic rings. The molecule has 3 aromatic heterocycles. The quantitative estimate of drug-likeness (QED) is 0.483. The van der Waals surface area contributed by atoms with E-state index in [9.17, 15) is 22.8 Å². The second kappa shape index (κ2) is 8.58. The molecule has 0 saturated carbocycles. The molecule has 0 aliphatic carbocycles. The molecule has 0 aromatic carbocycles.